The number of piperidine rings is 1. The van der Waals surface area contributed by atoms with E-state index in [9.17, 15) is 5.26 Å². The number of hydrogen-bond donors (Lipinski definition) is 1. The molecule has 0 amide bonds. The largest absolute Gasteiger partial charge is 0.390 e. The molecular formula is C29H35N3. The molecular weight excluding hydrogens is 390 g/mol. The topological polar surface area (TPSA) is 53.1 Å². The van der Waals surface area contributed by atoms with Crippen molar-refractivity contribution >= 4 is 0 Å². The number of nitrogens with two attached hydrogens (primary N) is 1. The minimum Gasteiger partial charge on any atom is -0.390 e. The zero-order chi connectivity index (χ0) is 23.1. The van der Waals surface area contributed by atoms with Gasteiger partial charge in [-0.3, -0.25) is 0 Å². The zero-order valence-electron chi connectivity index (χ0n) is 20.2. The van der Waals surface area contributed by atoms with Crippen LogP contribution < -0.4 is 5.73 Å². The molecule has 0 bridgehead atoms. The Morgan fingerprint density at radius 1 is 1.19 bits per heavy atom. The van der Waals surface area contributed by atoms with Crippen LogP contribution >= 0.6 is 0 Å². The van der Waals surface area contributed by atoms with Crippen molar-refractivity contribution < 1.29 is 0 Å². The highest BCUT2D eigenvalue weighted by Crippen LogP contribution is 2.49. The van der Waals surface area contributed by atoms with Crippen LogP contribution in [0, 0.1) is 39.9 Å². The first kappa shape index (κ1) is 22.3. The van der Waals surface area contributed by atoms with Gasteiger partial charge in [0.15, 0.2) is 0 Å². The molecule has 0 aromatic heterocycles. The fourth-order valence-electron chi connectivity index (χ4n) is 5.32. The van der Waals surface area contributed by atoms with Crippen molar-refractivity contribution in [3.05, 3.63) is 69.6 Å². The molecule has 0 aromatic rings. The van der Waals surface area contributed by atoms with Crippen molar-refractivity contribution in [2.24, 2.45) is 22.5 Å². The minimum atomic E-state index is 0.0693. The summed E-state index contributed by atoms with van der Waals surface area (Å²) in [6.07, 6.45) is 15.3. The van der Waals surface area contributed by atoms with Crippen LogP contribution in [-0.2, 0) is 0 Å². The normalized spacial score (nSPS) is 27.7. The highest BCUT2D eigenvalue weighted by Gasteiger charge is 2.40. The molecule has 3 heteroatoms. The van der Waals surface area contributed by atoms with E-state index >= 15 is 0 Å². The molecule has 1 unspecified atom stereocenters. The smallest absolute Gasteiger partial charge is 0.118 e. The summed E-state index contributed by atoms with van der Waals surface area (Å²) in [4.78, 5) is 2.60. The molecule has 2 aliphatic carbocycles. The third-order valence-electron chi connectivity index (χ3n) is 7.34. The third-order valence-corrected chi connectivity index (χ3v) is 7.34. The lowest BCUT2D eigenvalue weighted by molar-refractivity contribution is 0.236. The summed E-state index contributed by atoms with van der Waals surface area (Å²) >= 11 is 0. The van der Waals surface area contributed by atoms with Gasteiger partial charge in [-0.2, -0.15) is 5.26 Å². The number of allylic oxidation sites excluding steroid dienone is 11. The van der Waals surface area contributed by atoms with Gasteiger partial charge in [0.25, 0.3) is 0 Å². The molecule has 4 rings (SSSR count). The number of hydrogen-bond acceptors (Lipinski definition) is 3. The Kier molecular flexibility index (Phi) is 5.72. The van der Waals surface area contributed by atoms with E-state index in [2.05, 4.69) is 75.7 Å². The maximum Gasteiger partial charge on any atom is 0.118 e. The van der Waals surface area contributed by atoms with Gasteiger partial charge in [-0.1, -0.05) is 69.4 Å². The van der Waals surface area contributed by atoms with E-state index in [0.29, 0.717) is 0 Å². The average molecular weight is 426 g/mol. The van der Waals surface area contributed by atoms with E-state index in [1.165, 1.54) is 47.3 Å². The summed E-state index contributed by atoms with van der Waals surface area (Å²) in [5, 5.41) is 9.18. The van der Waals surface area contributed by atoms with Gasteiger partial charge in [0.2, 0.25) is 0 Å². The Bertz CT molecular complexity index is 1110. The van der Waals surface area contributed by atoms with Crippen LogP contribution in [0.15, 0.2) is 69.6 Å². The van der Waals surface area contributed by atoms with Crippen molar-refractivity contribution in [1.29, 1.82) is 5.26 Å². The Balaban J connectivity index is 1.73. The molecule has 0 radical (unpaired) electrons. The lowest BCUT2D eigenvalue weighted by Gasteiger charge is -2.43. The fraction of sp³-hybridized carbons (Fsp3) is 0.483. The first-order chi connectivity index (χ1) is 15.1. The molecule has 2 aliphatic heterocycles. The summed E-state index contributed by atoms with van der Waals surface area (Å²) in [6.45, 7) is 13.8. The van der Waals surface area contributed by atoms with E-state index in [0.717, 1.165) is 25.1 Å². The summed E-state index contributed by atoms with van der Waals surface area (Å²) in [7, 11) is 0. The molecule has 1 atom stereocenters. The zero-order valence-corrected chi connectivity index (χ0v) is 20.2. The molecule has 2 N–H and O–H groups in total. The molecule has 0 saturated carbocycles. The monoisotopic (exact) mass is 425 g/mol. The van der Waals surface area contributed by atoms with Crippen LogP contribution in [0.3, 0.4) is 0 Å². The van der Waals surface area contributed by atoms with E-state index in [1.54, 1.807) is 0 Å². The Morgan fingerprint density at radius 3 is 2.72 bits per heavy atom. The molecule has 32 heavy (non-hydrogen) atoms. The predicted octanol–water partition coefficient (Wildman–Crippen LogP) is 5.92. The molecule has 0 aromatic carbocycles. The Morgan fingerprint density at radius 2 is 1.97 bits per heavy atom. The van der Waals surface area contributed by atoms with Crippen molar-refractivity contribution in [2.45, 2.75) is 60.3 Å². The van der Waals surface area contributed by atoms with Gasteiger partial charge in [-0.25, -0.2) is 0 Å². The van der Waals surface area contributed by atoms with Crippen LogP contribution in [0.5, 0.6) is 0 Å². The van der Waals surface area contributed by atoms with Gasteiger partial charge in [0.1, 0.15) is 11.8 Å². The lowest BCUT2D eigenvalue weighted by Crippen LogP contribution is -2.38. The quantitative estimate of drug-likeness (QED) is 0.441. The fourth-order valence-corrected chi connectivity index (χ4v) is 5.32. The third kappa shape index (κ3) is 4.22. The Labute approximate surface area is 193 Å². The molecule has 2 heterocycles. The summed E-state index contributed by atoms with van der Waals surface area (Å²) in [5.74, 6) is 7.30. The second kappa shape index (κ2) is 8.22. The summed E-state index contributed by atoms with van der Waals surface area (Å²) in [5.41, 5.74) is 13.8. The number of rotatable bonds is 2. The maximum absolute atomic E-state index is 9.18. The van der Waals surface area contributed by atoms with Crippen LogP contribution in [0.4, 0.5) is 0 Å². The van der Waals surface area contributed by atoms with Crippen LogP contribution in [0.2, 0.25) is 0 Å². The number of nitriles is 1. The minimum absolute atomic E-state index is 0.0693. The van der Waals surface area contributed by atoms with Gasteiger partial charge in [0.05, 0.1) is 11.6 Å². The highest BCUT2D eigenvalue weighted by molar-refractivity contribution is 5.55. The van der Waals surface area contributed by atoms with Gasteiger partial charge in [-0.05, 0) is 60.7 Å². The average Bonchev–Trinajstić information content (AvgIpc) is 3.01. The van der Waals surface area contributed by atoms with Crippen molar-refractivity contribution in [3.8, 4) is 17.9 Å². The second-order valence-corrected chi connectivity index (χ2v) is 10.9. The van der Waals surface area contributed by atoms with E-state index < -0.39 is 0 Å². The first-order valence-electron chi connectivity index (χ1n) is 11.8. The van der Waals surface area contributed by atoms with Gasteiger partial charge in [0, 0.05) is 24.2 Å². The van der Waals surface area contributed by atoms with Crippen molar-refractivity contribution in [2.75, 3.05) is 13.1 Å². The van der Waals surface area contributed by atoms with Crippen LogP contribution in [-0.4, -0.2) is 18.0 Å². The Hall–Kier alpha value is -2.91. The summed E-state index contributed by atoms with van der Waals surface area (Å²) < 4.78 is 0. The van der Waals surface area contributed by atoms with Gasteiger partial charge >= 0.3 is 0 Å². The van der Waals surface area contributed by atoms with Gasteiger partial charge in [-0.15, -0.1) is 0 Å². The predicted molar refractivity (Wildman–Crippen MR) is 132 cm³/mol. The molecule has 1 saturated heterocycles. The lowest BCUT2D eigenvalue weighted by atomic mass is 9.72. The highest BCUT2D eigenvalue weighted by atomic mass is 15.2. The van der Waals surface area contributed by atoms with E-state index in [1.807, 2.05) is 12.2 Å². The SMILES string of the molecule is CC1=C/C(=C(\N)C#N)C=C(/C=C/C2C#CC3=C4C(=C2)C(C)(C)CCN4CCCC3(C)C)C1. The standard InChI is InChI=1S/C29H35N3/c1-20-15-22(17-23(16-20)26(31)19-30)8-7-21-9-10-24-27-25(18-21)29(4,5)12-14-32(27)13-6-11-28(24,2)3/h7-8,16-18,21H,6,11-15,31H2,1-5H3/b8-7+,26-23+. The second-order valence-electron chi connectivity index (χ2n) is 10.9. The molecule has 1 fully saturated rings. The molecule has 4 aliphatic rings. The van der Waals surface area contributed by atoms with E-state index in [4.69, 9.17) is 5.73 Å². The number of nitrogens with zero attached hydrogens (tertiary/aromatic N) is 2. The van der Waals surface area contributed by atoms with E-state index in [-0.39, 0.29) is 22.4 Å². The van der Waals surface area contributed by atoms with Gasteiger partial charge < -0.3 is 10.6 Å². The van der Waals surface area contributed by atoms with Crippen molar-refractivity contribution in [1.82, 2.24) is 4.90 Å². The molecule has 3 nitrogen and oxygen atoms in total. The molecule has 166 valence electrons. The molecule has 0 spiro atoms. The van der Waals surface area contributed by atoms with Crippen molar-refractivity contribution in [3.63, 3.8) is 0 Å². The summed E-state index contributed by atoms with van der Waals surface area (Å²) in [6, 6.07) is 2.07. The first-order valence-corrected chi connectivity index (χ1v) is 11.8. The maximum atomic E-state index is 9.18. The van der Waals surface area contributed by atoms with Crippen LogP contribution in [0.1, 0.15) is 60.3 Å². The van der Waals surface area contributed by atoms with Crippen LogP contribution in [0.25, 0.3) is 0 Å².